The van der Waals surface area contributed by atoms with E-state index >= 15 is 0 Å². The van der Waals surface area contributed by atoms with Crippen molar-refractivity contribution in [2.75, 3.05) is 11.8 Å². The van der Waals surface area contributed by atoms with E-state index in [1.807, 2.05) is 13.8 Å². The Kier molecular flexibility index (Phi) is 5.55. The molecule has 0 aliphatic carbocycles. The van der Waals surface area contributed by atoms with Crippen LogP contribution in [0.25, 0.3) is 0 Å². The average molecular weight is 416 g/mol. The van der Waals surface area contributed by atoms with Gasteiger partial charge in [0, 0.05) is 4.47 Å². The highest BCUT2D eigenvalue weighted by Gasteiger charge is 2.22. The molecule has 0 amide bonds. The van der Waals surface area contributed by atoms with Gasteiger partial charge in [-0.15, -0.1) is 0 Å². The smallest absolute Gasteiger partial charge is 0.262 e. The summed E-state index contributed by atoms with van der Waals surface area (Å²) in [5, 5.41) is 0. The lowest BCUT2D eigenvalue weighted by molar-refractivity contribution is 0.406. The molecule has 0 saturated carbocycles. The molecule has 1 N–H and O–H groups in total. The van der Waals surface area contributed by atoms with Crippen LogP contribution in [-0.2, 0) is 10.0 Å². The topological polar surface area (TPSA) is 55.4 Å². The number of ether oxygens (including phenoxy) is 1. The Morgan fingerprint density at radius 3 is 2.42 bits per heavy atom. The fraction of sp³-hybridized carbons (Fsp3) is 0.294. The fourth-order valence-electron chi connectivity index (χ4n) is 2.37. The van der Waals surface area contributed by atoms with Gasteiger partial charge in [0.25, 0.3) is 10.0 Å². The van der Waals surface area contributed by atoms with Crippen molar-refractivity contribution in [3.8, 4) is 5.75 Å². The van der Waals surface area contributed by atoms with E-state index in [2.05, 4.69) is 20.7 Å². The van der Waals surface area contributed by atoms with E-state index < -0.39 is 15.8 Å². The molecule has 0 bridgehead atoms. The monoisotopic (exact) mass is 415 g/mol. The summed E-state index contributed by atoms with van der Waals surface area (Å²) in [5.74, 6) is 0.0680. The number of anilines is 1. The average Bonchev–Trinajstić information content (AvgIpc) is 2.49. The number of nitrogens with one attached hydrogen (secondary N) is 1. The van der Waals surface area contributed by atoms with Crippen LogP contribution < -0.4 is 9.46 Å². The second kappa shape index (κ2) is 7.11. The molecule has 0 aliphatic rings. The molecule has 0 saturated heterocycles. The van der Waals surface area contributed by atoms with Crippen LogP contribution in [0, 0.1) is 12.7 Å². The first-order valence-electron chi connectivity index (χ1n) is 7.32. The molecule has 4 nitrogen and oxygen atoms in total. The van der Waals surface area contributed by atoms with Gasteiger partial charge in [0.05, 0.1) is 17.7 Å². The van der Waals surface area contributed by atoms with Crippen molar-refractivity contribution < 1.29 is 17.5 Å². The van der Waals surface area contributed by atoms with Gasteiger partial charge in [-0.1, -0.05) is 29.8 Å². The number of methoxy groups -OCH3 is 1. The number of halogens is 2. The van der Waals surface area contributed by atoms with Crippen molar-refractivity contribution >= 4 is 31.6 Å². The molecule has 24 heavy (non-hydrogen) atoms. The lowest BCUT2D eigenvalue weighted by atomic mass is 10.0. The van der Waals surface area contributed by atoms with E-state index in [1.165, 1.54) is 12.1 Å². The third-order valence-corrected chi connectivity index (χ3v) is 5.62. The Labute approximate surface area is 150 Å². The molecule has 0 aromatic heterocycles. The first-order valence-corrected chi connectivity index (χ1v) is 9.59. The van der Waals surface area contributed by atoms with Crippen LogP contribution in [-0.4, -0.2) is 15.5 Å². The molecule has 130 valence electrons. The maximum absolute atomic E-state index is 13.9. The van der Waals surface area contributed by atoms with Gasteiger partial charge in [0.2, 0.25) is 0 Å². The van der Waals surface area contributed by atoms with Gasteiger partial charge in [-0.2, -0.15) is 0 Å². The van der Waals surface area contributed by atoms with E-state index in [1.54, 1.807) is 32.2 Å². The van der Waals surface area contributed by atoms with E-state index in [-0.39, 0.29) is 16.5 Å². The molecule has 0 heterocycles. The molecule has 2 rings (SSSR count). The molecule has 2 aromatic rings. The van der Waals surface area contributed by atoms with Gasteiger partial charge in [-0.25, -0.2) is 12.8 Å². The molecule has 0 radical (unpaired) electrons. The second-order valence-electron chi connectivity index (χ2n) is 5.74. The third kappa shape index (κ3) is 3.89. The molecular weight excluding hydrogens is 397 g/mol. The van der Waals surface area contributed by atoms with Crippen molar-refractivity contribution in [3.05, 3.63) is 51.7 Å². The number of aryl methyl sites for hydroxylation is 1. The lowest BCUT2D eigenvalue weighted by Crippen LogP contribution is -2.16. The molecule has 7 heteroatoms. The normalized spacial score (nSPS) is 11.6. The van der Waals surface area contributed by atoms with E-state index in [9.17, 15) is 12.8 Å². The highest BCUT2D eigenvalue weighted by molar-refractivity contribution is 9.10. The van der Waals surface area contributed by atoms with Crippen molar-refractivity contribution in [1.29, 1.82) is 0 Å². The Bertz CT molecular complexity index is 866. The first kappa shape index (κ1) is 18.7. The van der Waals surface area contributed by atoms with E-state index in [0.717, 1.165) is 5.56 Å². The van der Waals surface area contributed by atoms with Crippen molar-refractivity contribution in [2.45, 2.75) is 31.6 Å². The van der Waals surface area contributed by atoms with Crippen LogP contribution in [0.15, 0.2) is 39.7 Å². The van der Waals surface area contributed by atoms with Gasteiger partial charge in [0.15, 0.2) is 0 Å². The summed E-state index contributed by atoms with van der Waals surface area (Å²) in [6, 6.07) is 7.42. The van der Waals surface area contributed by atoms with Gasteiger partial charge >= 0.3 is 0 Å². The number of sulfonamides is 1. The SMILES string of the molecule is COc1cc(C)c(S(=O)(=O)Nc2ccc(Br)cc2F)cc1C(C)C. The summed E-state index contributed by atoms with van der Waals surface area (Å²) in [5.41, 5.74) is 1.21. The predicted octanol–water partition coefficient (Wildman–Crippen LogP) is 4.83. The first-order chi connectivity index (χ1) is 11.2. The molecule has 2 aromatic carbocycles. The summed E-state index contributed by atoms with van der Waals surface area (Å²) in [7, 11) is -2.38. The van der Waals surface area contributed by atoms with Crippen molar-refractivity contribution in [3.63, 3.8) is 0 Å². The molecule has 0 atom stereocenters. The summed E-state index contributed by atoms with van der Waals surface area (Å²) >= 11 is 3.14. The van der Waals surface area contributed by atoms with Gasteiger partial charge in [-0.3, -0.25) is 4.72 Å². The minimum atomic E-state index is -3.92. The maximum Gasteiger partial charge on any atom is 0.262 e. The van der Waals surface area contributed by atoms with E-state index in [0.29, 0.717) is 15.8 Å². The van der Waals surface area contributed by atoms with Gasteiger partial charge in [-0.05, 0) is 54.3 Å². The predicted molar refractivity (Wildman–Crippen MR) is 96.7 cm³/mol. The third-order valence-electron chi connectivity index (χ3n) is 3.61. The number of hydrogen-bond donors (Lipinski definition) is 1. The van der Waals surface area contributed by atoms with Crippen LogP contribution in [0.5, 0.6) is 5.75 Å². The van der Waals surface area contributed by atoms with Gasteiger partial charge < -0.3 is 4.74 Å². The largest absolute Gasteiger partial charge is 0.496 e. The summed E-state index contributed by atoms with van der Waals surface area (Å²) in [6.45, 7) is 5.58. The summed E-state index contributed by atoms with van der Waals surface area (Å²) in [4.78, 5) is 0.106. The van der Waals surface area contributed by atoms with Crippen LogP contribution in [0.4, 0.5) is 10.1 Å². The Balaban J connectivity index is 2.51. The Morgan fingerprint density at radius 1 is 1.21 bits per heavy atom. The molecule has 0 unspecified atom stereocenters. The van der Waals surface area contributed by atoms with Gasteiger partial charge in [0.1, 0.15) is 11.6 Å². The van der Waals surface area contributed by atoms with E-state index in [4.69, 9.17) is 4.74 Å². The number of hydrogen-bond acceptors (Lipinski definition) is 3. The zero-order chi connectivity index (χ0) is 18.1. The Hall–Kier alpha value is -1.60. The fourth-order valence-corrected chi connectivity index (χ4v) is 4.03. The van der Waals surface area contributed by atoms with Crippen LogP contribution in [0.2, 0.25) is 0 Å². The Morgan fingerprint density at radius 2 is 1.88 bits per heavy atom. The lowest BCUT2D eigenvalue weighted by Gasteiger charge is -2.17. The van der Waals surface area contributed by atoms with Crippen LogP contribution >= 0.6 is 15.9 Å². The minimum Gasteiger partial charge on any atom is -0.496 e. The molecular formula is C17H19BrFNO3S. The van der Waals surface area contributed by atoms with Crippen LogP contribution in [0.3, 0.4) is 0 Å². The van der Waals surface area contributed by atoms with Crippen LogP contribution in [0.1, 0.15) is 30.9 Å². The minimum absolute atomic E-state index is 0.0823. The molecule has 0 fully saturated rings. The second-order valence-corrected chi connectivity index (χ2v) is 8.31. The zero-order valence-electron chi connectivity index (χ0n) is 13.9. The maximum atomic E-state index is 13.9. The number of rotatable bonds is 5. The summed E-state index contributed by atoms with van der Waals surface area (Å²) in [6.07, 6.45) is 0. The highest BCUT2D eigenvalue weighted by Crippen LogP contribution is 2.32. The van der Waals surface area contributed by atoms with Crippen molar-refractivity contribution in [1.82, 2.24) is 0 Å². The zero-order valence-corrected chi connectivity index (χ0v) is 16.3. The number of benzene rings is 2. The molecule has 0 aliphatic heterocycles. The van der Waals surface area contributed by atoms with Crippen molar-refractivity contribution in [2.24, 2.45) is 0 Å². The molecule has 0 spiro atoms. The summed E-state index contributed by atoms with van der Waals surface area (Å²) < 4.78 is 47.5. The standard InChI is InChI=1S/C17H19BrFNO3S/c1-10(2)13-9-17(11(3)7-16(13)23-4)24(21,22)20-15-6-5-12(18)8-14(15)19/h5-10,20H,1-4H3. The highest BCUT2D eigenvalue weighted by atomic mass is 79.9. The quantitative estimate of drug-likeness (QED) is 0.760.